The van der Waals surface area contributed by atoms with Gasteiger partial charge in [-0.3, -0.25) is 4.79 Å². The van der Waals surface area contributed by atoms with Crippen LogP contribution in [0.5, 0.6) is 0 Å². The van der Waals surface area contributed by atoms with Gasteiger partial charge < -0.3 is 11.1 Å². The van der Waals surface area contributed by atoms with Gasteiger partial charge in [0, 0.05) is 16.8 Å². The van der Waals surface area contributed by atoms with Gasteiger partial charge in [-0.1, -0.05) is 29.8 Å². The molecule has 3 nitrogen and oxygen atoms in total. The van der Waals surface area contributed by atoms with Crippen LogP contribution in [0.25, 0.3) is 0 Å². The number of nitrogens with two attached hydrogens (primary N) is 1. The van der Waals surface area contributed by atoms with Gasteiger partial charge in [-0.05, 0) is 36.8 Å². The fraction of sp³-hybridized carbons (Fsp3) is 0.133. The molecule has 0 aromatic heterocycles. The molecule has 0 spiro atoms. The second kappa shape index (κ2) is 5.92. The summed E-state index contributed by atoms with van der Waals surface area (Å²) in [7, 11) is 0. The molecule has 1 atom stereocenters. The van der Waals surface area contributed by atoms with E-state index < -0.39 is 11.7 Å². The highest BCUT2D eigenvalue weighted by atomic mass is 35.5. The molecule has 0 fully saturated rings. The van der Waals surface area contributed by atoms with Gasteiger partial charge in [0.2, 0.25) is 0 Å². The van der Waals surface area contributed by atoms with E-state index in [1.807, 2.05) is 25.1 Å². The Bertz CT molecular complexity index is 646. The van der Waals surface area contributed by atoms with E-state index in [1.165, 1.54) is 12.1 Å². The predicted octanol–water partition coefficient (Wildman–Crippen LogP) is 3.75. The van der Waals surface area contributed by atoms with Crippen molar-refractivity contribution in [1.29, 1.82) is 0 Å². The Kier molecular flexibility index (Phi) is 4.25. The lowest BCUT2D eigenvalue weighted by Crippen LogP contribution is -2.14. The number of hydrogen-bond acceptors (Lipinski definition) is 2. The molecule has 1 amide bonds. The van der Waals surface area contributed by atoms with Crippen molar-refractivity contribution < 1.29 is 9.18 Å². The van der Waals surface area contributed by atoms with Crippen LogP contribution in [0.15, 0.2) is 42.5 Å². The zero-order valence-corrected chi connectivity index (χ0v) is 11.6. The summed E-state index contributed by atoms with van der Waals surface area (Å²) in [4.78, 5) is 11.1. The minimum absolute atomic E-state index is 0.0881. The number of primary amides is 1. The average Bonchev–Trinajstić information content (AvgIpc) is 2.41. The number of amides is 1. The number of carbonyl (C=O) groups excluding carboxylic acids is 1. The smallest absolute Gasteiger partial charge is 0.251 e. The van der Waals surface area contributed by atoms with Crippen LogP contribution in [0, 0.1) is 5.82 Å². The third-order valence-electron chi connectivity index (χ3n) is 2.99. The maximum Gasteiger partial charge on any atom is 0.251 e. The van der Waals surface area contributed by atoms with Gasteiger partial charge in [-0.25, -0.2) is 4.39 Å². The van der Waals surface area contributed by atoms with Gasteiger partial charge in [-0.2, -0.15) is 0 Å². The molecular weight excluding hydrogens is 279 g/mol. The maximum absolute atomic E-state index is 13.4. The van der Waals surface area contributed by atoms with E-state index in [-0.39, 0.29) is 11.6 Å². The fourth-order valence-corrected chi connectivity index (χ4v) is 2.26. The van der Waals surface area contributed by atoms with Crippen LogP contribution < -0.4 is 11.1 Å². The molecule has 0 aliphatic rings. The molecule has 104 valence electrons. The lowest BCUT2D eigenvalue weighted by Gasteiger charge is -2.17. The summed E-state index contributed by atoms with van der Waals surface area (Å²) in [6.07, 6.45) is 0. The normalized spacial score (nSPS) is 11.9. The van der Waals surface area contributed by atoms with Crippen LogP contribution in [0.4, 0.5) is 10.1 Å². The molecule has 1 unspecified atom stereocenters. The second-order valence-electron chi connectivity index (χ2n) is 4.45. The maximum atomic E-state index is 13.4. The summed E-state index contributed by atoms with van der Waals surface area (Å²) in [5.74, 6) is -1.43. The molecule has 5 heteroatoms. The SMILES string of the molecule is CC(Nc1ccc(F)c(C(N)=O)c1)c1ccccc1Cl. The Morgan fingerprint density at radius 3 is 2.65 bits per heavy atom. The van der Waals surface area contributed by atoms with E-state index in [2.05, 4.69) is 5.32 Å². The Labute approximate surface area is 121 Å². The third kappa shape index (κ3) is 3.08. The van der Waals surface area contributed by atoms with E-state index in [1.54, 1.807) is 12.1 Å². The first-order valence-electron chi connectivity index (χ1n) is 6.09. The van der Waals surface area contributed by atoms with Crippen molar-refractivity contribution >= 4 is 23.2 Å². The Morgan fingerprint density at radius 2 is 2.00 bits per heavy atom. The highest BCUT2D eigenvalue weighted by molar-refractivity contribution is 6.31. The Morgan fingerprint density at radius 1 is 1.30 bits per heavy atom. The molecule has 0 saturated carbocycles. The highest BCUT2D eigenvalue weighted by Gasteiger charge is 2.12. The van der Waals surface area contributed by atoms with E-state index in [4.69, 9.17) is 17.3 Å². The number of hydrogen-bond donors (Lipinski definition) is 2. The van der Waals surface area contributed by atoms with E-state index in [0.29, 0.717) is 10.7 Å². The lowest BCUT2D eigenvalue weighted by atomic mass is 10.1. The van der Waals surface area contributed by atoms with Crippen molar-refractivity contribution in [2.75, 3.05) is 5.32 Å². The molecule has 2 aromatic carbocycles. The van der Waals surface area contributed by atoms with Gasteiger partial charge in [0.1, 0.15) is 5.82 Å². The molecular formula is C15H14ClFN2O. The van der Waals surface area contributed by atoms with Crippen LogP contribution in [0.1, 0.15) is 28.9 Å². The largest absolute Gasteiger partial charge is 0.378 e. The van der Waals surface area contributed by atoms with Crippen molar-refractivity contribution in [2.45, 2.75) is 13.0 Å². The topological polar surface area (TPSA) is 55.1 Å². The molecule has 0 aliphatic heterocycles. The van der Waals surface area contributed by atoms with Gasteiger partial charge in [0.05, 0.1) is 5.56 Å². The van der Waals surface area contributed by atoms with Crippen molar-refractivity contribution in [3.8, 4) is 0 Å². The number of rotatable bonds is 4. The van der Waals surface area contributed by atoms with E-state index in [0.717, 1.165) is 5.56 Å². The summed E-state index contributed by atoms with van der Waals surface area (Å²) < 4.78 is 13.4. The van der Waals surface area contributed by atoms with Crippen molar-refractivity contribution in [2.24, 2.45) is 5.73 Å². The Hall–Kier alpha value is -2.07. The lowest BCUT2D eigenvalue weighted by molar-refractivity contribution is 0.0996. The van der Waals surface area contributed by atoms with Gasteiger partial charge >= 0.3 is 0 Å². The van der Waals surface area contributed by atoms with Crippen LogP contribution in [0.3, 0.4) is 0 Å². The third-order valence-corrected chi connectivity index (χ3v) is 3.33. The quantitative estimate of drug-likeness (QED) is 0.901. The van der Waals surface area contributed by atoms with Crippen molar-refractivity contribution in [3.05, 3.63) is 64.4 Å². The van der Waals surface area contributed by atoms with Crippen LogP contribution in [-0.4, -0.2) is 5.91 Å². The monoisotopic (exact) mass is 292 g/mol. The zero-order valence-electron chi connectivity index (χ0n) is 10.9. The molecule has 2 rings (SSSR count). The number of halogens is 2. The van der Waals surface area contributed by atoms with Crippen molar-refractivity contribution in [3.63, 3.8) is 0 Å². The number of benzene rings is 2. The van der Waals surface area contributed by atoms with Gasteiger partial charge in [0.15, 0.2) is 0 Å². The molecule has 0 bridgehead atoms. The molecule has 2 aromatic rings. The molecule has 0 aliphatic carbocycles. The number of carbonyl (C=O) groups is 1. The fourth-order valence-electron chi connectivity index (χ4n) is 1.96. The zero-order chi connectivity index (χ0) is 14.7. The van der Waals surface area contributed by atoms with Crippen LogP contribution in [-0.2, 0) is 0 Å². The minimum atomic E-state index is -0.795. The first-order chi connectivity index (χ1) is 9.49. The molecule has 3 N–H and O–H groups in total. The van der Waals surface area contributed by atoms with E-state index >= 15 is 0 Å². The van der Waals surface area contributed by atoms with Gasteiger partial charge in [0.25, 0.3) is 5.91 Å². The van der Waals surface area contributed by atoms with E-state index in [9.17, 15) is 9.18 Å². The van der Waals surface area contributed by atoms with Crippen molar-refractivity contribution in [1.82, 2.24) is 0 Å². The number of nitrogens with one attached hydrogen (secondary N) is 1. The predicted molar refractivity (Wildman–Crippen MR) is 78.4 cm³/mol. The average molecular weight is 293 g/mol. The number of anilines is 1. The Balaban J connectivity index is 2.24. The summed E-state index contributed by atoms with van der Waals surface area (Å²) in [6.45, 7) is 1.93. The molecule has 20 heavy (non-hydrogen) atoms. The first kappa shape index (κ1) is 14.3. The van der Waals surface area contributed by atoms with Crippen LogP contribution >= 0.6 is 11.6 Å². The highest BCUT2D eigenvalue weighted by Crippen LogP contribution is 2.26. The summed E-state index contributed by atoms with van der Waals surface area (Å²) in [5, 5.41) is 3.81. The summed E-state index contributed by atoms with van der Waals surface area (Å²) >= 11 is 6.12. The molecule has 0 saturated heterocycles. The summed E-state index contributed by atoms with van der Waals surface area (Å²) in [6, 6.07) is 11.5. The molecule has 0 radical (unpaired) electrons. The second-order valence-corrected chi connectivity index (χ2v) is 4.85. The molecule has 0 heterocycles. The van der Waals surface area contributed by atoms with Crippen LogP contribution in [0.2, 0.25) is 5.02 Å². The standard InChI is InChI=1S/C15H14ClFN2O/c1-9(11-4-2-3-5-13(11)16)19-10-6-7-14(17)12(8-10)15(18)20/h2-9,19H,1H3,(H2,18,20). The van der Waals surface area contributed by atoms with Gasteiger partial charge in [-0.15, -0.1) is 0 Å². The first-order valence-corrected chi connectivity index (χ1v) is 6.47. The minimum Gasteiger partial charge on any atom is -0.378 e. The summed E-state index contributed by atoms with van der Waals surface area (Å²) in [5.41, 5.74) is 6.50.